The number of likely N-dealkylation sites (N-methyl/N-ethyl adjacent to an activating group) is 1. The Labute approximate surface area is 215 Å². The number of ketones is 1. The molecule has 8 heteroatoms. The Morgan fingerprint density at radius 1 is 1.11 bits per heavy atom. The molecule has 198 valence electrons. The van der Waals surface area contributed by atoms with Crippen LogP contribution in [-0.2, 0) is 14.3 Å². The number of hydrogen-bond donors (Lipinski definition) is 1. The fourth-order valence-corrected chi connectivity index (χ4v) is 6.12. The van der Waals surface area contributed by atoms with Crippen LogP contribution in [0.4, 0.5) is 5.69 Å². The largest absolute Gasteiger partial charge is 0.369 e. The van der Waals surface area contributed by atoms with Crippen LogP contribution in [-0.4, -0.2) is 85.4 Å². The van der Waals surface area contributed by atoms with E-state index in [1.54, 1.807) is 11.0 Å². The van der Waals surface area contributed by atoms with Crippen LogP contribution in [0.3, 0.4) is 0 Å². The highest BCUT2D eigenvalue weighted by Gasteiger charge is 2.53. The molecule has 3 aliphatic rings. The number of piperazine rings is 1. The van der Waals surface area contributed by atoms with Crippen LogP contribution >= 0.6 is 0 Å². The standard InChI is InChI=1S/C28H42N4O4/c1-6-30-9-11-31(12-10-30)19-7-8-20(27(29)34)21(14-19)22(13-17(2)3)28(35)32-15-23(18(4)5)26-25(32)24(33)16-36-26/h7-8,14,17-18,22-23,25-26H,6,9-13,15-16H2,1-5H3,(H2,29,34)/t22-,23+,25+,26+/m0/s1. The van der Waals surface area contributed by atoms with Crippen LogP contribution in [0.15, 0.2) is 18.2 Å². The molecule has 3 heterocycles. The molecule has 2 N–H and O–H groups in total. The van der Waals surface area contributed by atoms with E-state index < -0.39 is 17.9 Å². The van der Waals surface area contributed by atoms with Gasteiger partial charge in [0.25, 0.3) is 0 Å². The molecule has 2 amide bonds. The Morgan fingerprint density at radius 2 is 1.81 bits per heavy atom. The van der Waals surface area contributed by atoms with E-state index in [4.69, 9.17) is 10.5 Å². The molecule has 1 aromatic carbocycles. The third-order valence-electron chi connectivity index (χ3n) is 8.23. The lowest BCUT2D eigenvalue weighted by molar-refractivity contribution is -0.138. The van der Waals surface area contributed by atoms with Gasteiger partial charge in [-0.05, 0) is 48.6 Å². The summed E-state index contributed by atoms with van der Waals surface area (Å²) in [6.45, 7) is 15.9. The maximum atomic E-state index is 14.2. The molecular formula is C28H42N4O4. The molecule has 3 aliphatic heterocycles. The molecule has 0 spiro atoms. The van der Waals surface area contributed by atoms with E-state index in [9.17, 15) is 14.4 Å². The molecule has 0 saturated carbocycles. The number of anilines is 1. The van der Waals surface area contributed by atoms with Gasteiger partial charge in [-0.3, -0.25) is 14.4 Å². The Bertz CT molecular complexity index is 986. The molecule has 0 unspecified atom stereocenters. The van der Waals surface area contributed by atoms with Gasteiger partial charge in [0.1, 0.15) is 12.6 Å². The number of primary amides is 1. The summed E-state index contributed by atoms with van der Waals surface area (Å²) in [6.07, 6.45) is 0.319. The lowest BCUT2D eigenvalue weighted by Crippen LogP contribution is -2.46. The van der Waals surface area contributed by atoms with Crippen molar-refractivity contribution in [3.8, 4) is 0 Å². The minimum atomic E-state index is -0.552. The molecule has 8 nitrogen and oxygen atoms in total. The molecule has 1 aromatic rings. The number of nitrogens with two attached hydrogens (primary N) is 1. The average Bonchev–Trinajstić information content (AvgIpc) is 3.42. The third-order valence-corrected chi connectivity index (χ3v) is 8.23. The Balaban J connectivity index is 1.70. The van der Waals surface area contributed by atoms with Crippen LogP contribution < -0.4 is 10.6 Å². The number of rotatable bonds is 8. The number of carbonyl (C=O) groups is 3. The number of carbonyl (C=O) groups excluding carboxylic acids is 3. The molecular weight excluding hydrogens is 456 g/mol. The maximum absolute atomic E-state index is 14.2. The van der Waals surface area contributed by atoms with Crippen molar-refractivity contribution in [1.29, 1.82) is 0 Å². The zero-order chi connectivity index (χ0) is 26.1. The van der Waals surface area contributed by atoms with Crippen molar-refractivity contribution in [3.05, 3.63) is 29.3 Å². The Morgan fingerprint density at radius 3 is 2.39 bits per heavy atom. The third kappa shape index (κ3) is 5.16. The lowest BCUT2D eigenvalue weighted by atomic mass is 9.85. The number of benzene rings is 1. The van der Waals surface area contributed by atoms with E-state index in [1.807, 2.05) is 12.1 Å². The summed E-state index contributed by atoms with van der Waals surface area (Å²) in [7, 11) is 0. The van der Waals surface area contributed by atoms with Gasteiger partial charge < -0.3 is 25.2 Å². The number of Topliss-reactive ketones (excluding diaryl/α,β-unsaturated/α-hetero) is 1. The van der Waals surface area contributed by atoms with E-state index in [0.717, 1.165) is 38.4 Å². The second-order valence-corrected chi connectivity index (χ2v) is 11.3. The molecule has 3 fully saturated rings. The highest BCUT2D eigenvalue weighted by Crippen LogP contribution is 2.40. The first kappa shape index (κ1) is 26.6. The summed E-state index contributed by atoms with van der Waals surface area (Å²) in [5.74, 6) is -0.601. The molecule has 3 saturated heterocycles. The Kier molecular flexibility index (Phi) is 8.05. The zero-order valence-electron chi connectivity index (χ0n) is 22.4. The van der Waals surface area contributed by atoms with Crippen molar-refractivity contribution in [2.75, 3.05) is 50.8 Å². The minimum Gasteiger partial charge on any atom is -0.369 e. The van der Waals surface area contributed by atoms with E-state index in [0.29, 0.717) is 24.1 Å². The summed E-state index contributed by atoms with van der Waals surface area (Å²) in [5.41, 5.74) is 7.88. The number of ether oxygens (including phenoxy) is 1. The van der Waals surface area contributed by atoms with Gasteiger partial charge in [0.15, 0.2) is 5.78 Å². The van der Waals surface area contributed by atoms with Crippen LogP contribution in [0, 0.1) is 17.8 Å². The average molecular weight is 499 g/mol. The summed E-state index contributed by atoms with van der Waals surface area (Å²) in [5, 5.41) is 0. The number of likely N-dealkylation sites (tertiary alicyclic amines) is 1. The van der Waals surface area contributed by atoms with Gasteiger partial charge in [-0.2, -0.15) is 0 Å². The van der Waals surface area contributed by atoms with Gasteiger partial charge in [-0.1, -0.05) is 34.6 Å². The normalized spacial score (nSPS) is 25.6. The quantitative estimate of drug-likeness (QED) is 0.592. The lowest BCUT2D eigenvalue weighted by Gasteiger charge is -2.36. The molecule has 0 bridgehead atoms. The summed E-state index contributed by atoms with van der Waals surface area (Å²) < 4.78 is 5.86. The summed E-state index contributed by atoms with van der Waals surface area (Å²) in [6, 6.07) is 5.17. The fourth-order valence-electron chi connectivity index (χ4n) is 6.12. The van der Waals surface area contributed by atoms with Gasteiger partial charge in [-0.15, -0.1) is 0 Å². The SMILES string of the molecule is CCN1CCN(c2ccc(C(N)=O)c([C@H](CC(C)C)C(=O)N3C[C@H](C(C)C)[C@H]4OCC(=O)[C@H]43)c2)CC1. The minimum absolute atomic E-state index is 0.0301. The maximum Gasteiger partial charge on any atom is 0.249 e. The van der Waals surface area contributed by atoms with Crippen molar-refractivity contribution in [2.45, 2.75) is 59.1 Å². The molecule has 4 rings (SSSR count). The van der Waals surface area contributed by atoms with Crippen molar-refractivity contribution in [1.82, 2.24) is 9.80 Å². The second kappa shape index (κ2) is 10.9. The summed E-state index contributed by atoms with van der Waals surface area (Å²) in [4.78, 5) is 46.0. The van der Waals surface area contributed by atoms with Crippen molar-refractivity contribution < 1.29 is 19.1 Å². The van der Waals surface area contributed by atoms with Gasteiger partial charge in [0, 0.05) is 49.9 Å². The molecule has 0 aromatic heterocycles. The fraction of sp³-hybridized carbons (Fsp3) is 0.679. The van der Waals surface area contributed by atoms with E-state index in [2.05, 4.69) is 44.4 Å². The predicted octanol–water partition coefficient (Wildman–Crippen LogP) is 2.51. The summed E-state index contributed by atoms with van der Waals surface area (Å²) >= 11 is 0. The first-order valence-electron chi connectivity index (χ1n) is 13.5. The van der Waals surface area contributed by atoms with Crippen molar-refractivity contribution in [3.63, 3.8) is 0 Å². The highest BCUT2D eigenvalue weighted by molar-refractivity contribution is 5.99. The number of fused-ring (bicyclic) bond motifs is 1. The predicted molar refractivity (Wildman–Crippen MR) is 140 cm³/mol. The Hall–Kier alpha value is -2.45. The van der Waals surface area contributed by atoms with Crippen LogP contribution in [0.1, 0.15) is 62.9 Å². The number of hydrogen-bond acceptors (Lipinski definition) is 6. The van der Waals surface area contributed by atoms with Crippen LogP contribution in [0.25, 0.3) is 0 Å². The first-order chi connectivity index (χ1) is 17.1. The van der Waals surface area contributed by atoms with Crippen LogP contribution in [0.5, 0.6) is 0 Å². The molecule has 0 aliphatic carbocycles. The topological polar surface area (TPSA) is 96.2 Å². The van der Waals surface area contributed by atoms with E-state index in [-0.39, 0.29) is 42.2 Å². The second-order valence-electron chi connectivity index (χ2n) is 11.3. The van der Waals surface area contributed by atoms with Gasteiger partial charge >= 0.3 is 0 Å². The van der Waals surface area contributed by atoms with Gasteiger partial charge in [-0.25, -0.2) is 0 Å². The van der Waals surface area contributed by atoms with E-state index >= 15 is 0 Å². The number of amides is 2. The zero-order valence-corrected chi connectivity index (χ0v) is 22.4. The monoisotopic (exact) mass is 498 g/mol. The molecule has 0 radical (unpaired) electrons. The van der Waals surface area contributed by atoms with E-state index in [1.165, 1.54) is 0 Å². The number of nitrogens with zero attached hydrogens (tertiary/aromatic N) is 3. The highest BCUT2D eigenvalue weighted by atomic mass is 16.5. The first-order valence-corrected chi connectivity index (χ1v) is 13.5. The molecule has 4 atom stereocenters. The smallest absolute Gasteiger partial charge is 0.249 e. The van der Waals surface area contributed by atoms with Crippen molar-refractivity contribution in [2.24, 2.45) is 23.5 Å². The van der Waals surface area contributed by atoms with Gasteiger partial charge in [0.05, 0.1) is 12.0 Å². The van der Waals surface area contributed by atoms with Crippen LogP contribution in [0.2, 0.25) is 0 Å². The molecule has 36 heavy (non-hydrogen) atoms. The van der Waals surface area contributed by atoms with Gasteiger partial charge in [0.2, 0.25) is 11.8 Å². The van der Waals surface area contributed by atoms with Crippen molar-refractivity contribution >= 4 is 23.3 Å².